The molecule has 0 aliphatic heterocycles. The van der Waals surface area contributed by atoms with E-state index in [4.69, 9.17) is 0 Å². The summed E-state index contributed by atoms with van der Waals surface area (Å²) < 4.78 is 3.36. The van der Waals surface area contributed by atoms with Gasteiger partial charge < -0.3 is 14.5 Å². The summed E-state index contributed by atoms with van der Waals surface area (Å²) in [7, 11) is 3.53. The highest BCUT2D eigenvalue weighted by molar-refractivity contribution is 6.03. The first-order valence-corrected chi connectivity index (χ1v) is 6.39. The van der Waals surface area contributed by atoms with Crippen molar-refractivity contribution < 1.29 is 9.59 Å². The topological polar surface area (TPSA) is 68.9 Å². The first-order chi connectivity index (χ1) is 9.40. The molecule has 1 N–H and O–H groups in total. The molecule has 2 heterocycles. The van der Waals surface area contributed by atoms with Gasteiger partial charge in [-0.15, -0.1) is 0 Å². The molecule has 6 nitrogen and oxygen atoms in total. The number of hydrogen-bond donors (Lipinski definition) is 1. The number of rotatable bonds is 4. The lowest BCUT2D eigenvalue weighted by molar-refractivity contribution is 0.0930. The summed E-state index contributed by atoms with van der Waals surface area (Å²) in [6, 6.07) is 1.68. The quantitative estimate of drug-likeness (QED) is 0.865. The minimum Gasteiger partial charge on any atom is -0.346 e. The van der Waals surface area contributed by atoms with Crippen LogP contribution in [0.4, 0.5) is 5.69 Å². The van der Waals surface area contributed by atoms with E-state index in [0.29, 0.717) is 17.2 Å². The van der Waals surface area contributed by atoms with Gasteiger partial charge >= 0.3 is 0 Å². The molecule has 6 heteroatoms. The van der Waals surface area contributed by atoms with Gasteiger partial charge in [-0.2, -0.15) is 0 Å². The van der Waals surface area contributed by atoms with E-state index in [-0.39, 0.29) is 17.6 Å². The third-order valence-corrected chi connectivity index (χ3v) is 3.06. The maximum atomic E-state index is 12.0. The Bertz CT molecular complexity index is 652. The highest BCUT2D eigenvalue weighted by Crippen LogP contribution is 2.17. The van der Waals surface area contributed by atoms with Gasteiger partial charge in [0.2, 0.25) is 0 Å². The number of aromatic nitrogens is 3. The van der Waals surface area contributed by atoms with Crippen molar-refractivity contribution in [2.24, 2.45) is 20.0 Å². The van der Waals surface area contributed by atoms with Crippen LogP contribution in [0.15, 0.2) is 24.7 Å². The normalized spacial score (nSPS) is 10.8. The molecule has 0 aromatic carbocycles. The van der Waals surface area contributed by atoms with Gasteiger partial charge in [0.25, 0.3) is 5.91 Å². The zero-order chi connectivity index (χ0) is 14.9. The molecule has 0 fully saturated rings. The number of carbonyl (C=O) groups excluding carboxylic acids is 2. The zero-order valence-electron chi connectivity index (χ0n) is 12.0. The summed E-state index contributed by atoms with van der Waals surface area (Å²) >= 11 is 0. The lowest BCUT2D eigenvalue weighted by Crippen LogP contribution is -2.16. The summed E-state index contributed by atoms with van der Waals surface area (Å²) in [6.07, 6.45) is 4.98. The lowest BCUT2D eigenvalue weighted by atomic mass is 10.1. The van der Waals surface area contributed by atoms with Gasteiger partial charge in [-0.25, -0.2) is 4.98 Å². The van der Waals surface area contributed by atoms with Crippen LogP contribution in [0.5, 0.6) is 0 Å². The number of Topliss-reactive ketones (excluding diaryl/α,β-unsaturated/α-hetero) is 1. The van der Waals surface area contributed by atoms with Gasteiger partial charge in [0.05, 0.1) is 11.4 Å². The van der Waals surface area contributed by atoms with Gasteiger partial charge in [0, 0.05) is 38.6 Å². The highest BCUT2D eigenvalue weighted by atomic mass is 16.2. The van der Waals surface area contributed by atoms with E-state index in [1.54, 1.807) is 47.9 Å². The fourth-order valence-electron chi connectivity index (χ4n) is 1.95. The predicted octanol–water partition coefficient (Wildman–Crippen LogP) is 1.85. The van der Waals surface area contributed by atoms with E-state index < -0.39 is 0 Å². The molecule has 0 saturated carbocycles. The Morgan fingerprint density at radius 2 is 1.95 bits per heavy atom. The molecule has 0 atom stereocenters. The van der Waals surface area contributed by atoms with Crippen LogP contribution in [0, 0.1) is 5.92 Å². The van der Waals surface area contributed by atoms with Crippen LogP contribution in [-0.2, 0) is 14.1 Å². The van der Waals surface area contributed by atoms with E-state index in [0.717, 1.165) is 0 Å². The summed E-state index contributed by atoms with van der Waals surface area (Å²) in [4.78, 5) is 28.0. The molecule has 2 aromatic rings. The number of carbonyl (C=O) groups is 2. The first kappa shape index (κ1) is 14.0. The van der Waals surface area contributed by atoms with Gasteiger partial charge in [-0.3, -0.25) is 9.59 Å². The molecule has 0 radical (unpaired) electrons. The van der Waals surface area contributed by atoms with E-state index >= 15 is 0 Å². The molecule has 106 valence electrons. The number of nitrogens with one attached hydrogen (secondary N) is 1. The van der Waals surface area contributed by atoms with E-state index in [9.17, 15) is 9.59 Å². The second kappa shape index (κ2) is 5.32. The van der Waals surface area contributed by atoms with Crippen molar-refractivity contribution in [1.82, 2.24) is 14.1 Å². The van der Waals surface area contributed by atoms with Crippen molar-refractivity contribution in [3.63, 3.8) is 0 Å². The Morgan fingerprint density at radius 1 is 1.25 bits per heavy atom. The minimum absolute atomic E-state index is 0.0463. The molecule has 0 spiro atoms. The Morgan fingerprint density at radius 3 is 2.50 bits per heavy atom. The van der Waals surface area contributed by atoms with Crippen molar-refractivity contribution in [1.29, 1.82) is 0 Å². The summed E-state index contributed by atoms with van der Waals surface area (Å²) in [5.41, 5.74) is 1.17. The fraction of sp³-hybridized carbons (Fsp3) is 0.357. The third-order valence-electron chi connectivity index (χ3n) is 3.06. The standard InChI is InChI=1S/C14H18N4O2/c1-9(2)12(19)11-7-10(8-18(11)4)16-14(20)13-15-5-6-17(13)3/h5-9H,1-4H3,(H,16,20). The second-order valence-electron chi connectivity index (χ2n) is 5.06. The number of hydrogen-bond acceptors (Lipinski definition) is 3. The van der Waals surface area contributed by atoms with Gasteiger partial charge in [0.1, 0.15) is 0 Å². The average molecular weight is 274 g/mol. The largest absolute Gasteiger partial charge is 0.346 e. The highest BCUT2D eigenvalue weighted by Gasteiger charge is 2.17. The smallest absolute Gasteiger partial charge is 0.291 e. The predicted molar refractivity (Wildman–Crippen MR) is 75.7 cm³/mol. The van der Waals surface area contributed by atoms with Crippen LogP contribution in [0.3, 0.4) is 0 Å². The van der Waals surface area contributed by atoms with Gasteiger partial charge in [0.15, 0.2) is 11.6 Å². The van der Waals surface area contributed by atoms with Crippen molar-refractivity contribution in [3.8, 4) is 0 Å². The number of ketones is 1. The average Bonchev–Trinajstić information content (AvgIpc) is 2.94. The fourth-order valence-corrected chi connectivity index (χ4v) is 1.95. The lowest BCUT2D eigenvalue weighted by Gasteiger charge is -2.03. The Balaban J connectivity index is 2.19. The van der Waals surface area contributed by atoms with Gasteiger partial charge in [-0.1, -0.05) is 13.8 Å². The monoisotopic (exact) mass is 274 g/mol. The molecule has 0 aliphatic carbocycles. The molecule has 20 heavy (non-hydrogen) atoms. The summed E-state index contributed by atoms with van der Waals surface area (Å²) in [6.45, 7) is 3.70. The first-order valence-electron chi connectivity index (χ1n) is 6.39. The van der Waals surface area contributed by atoms with E-state index in [1.807, 2.05) is 13.8 Å². The van der Waals surface area contributed by atoms with Crippen molar-refractivity contribution in [2.45, 2.75) is 13.8 Å². The molecule has 0 unspecified atom stereocenters. The molecule has 0 saturated heterocycles. The maximum Gasteiger partial charge on any atom is 0.291 e. The third kappa shape index (κ3) is 2.64. The molecule has 0 bridgehead atoms. The number of aryl methyl sites for hydroxylation is 2. The SMILES string of the molecule is CC(C)C(=O)c1cc(NC(=O)c2nccn2C)cn1C. The van der Waals surface area contributed by atoms with Crippen LogP contribution in [0.25, 0.3) is 0 Å². The number of amides is 1. The number of nitrogens with zero attached hydrogens (tertiary/aromatic N) is 3. The molecular weight excluding hydrogens is 256 g/mol. The Hall–Kier alpha value is -2.37. The van der Waals surface area contributed by atoms with Crippen LogP contribution in [0.2, 0.25) is 0 Å². The van der Waals surface area contributed by atoms with E-state index in [1.165, 1.54) is 0 Å². The van der Waals surface area contributed by atoms with Gasteiger partial charge in [-0.05, 0) is 6.07 Å². The zero-order valence-corrected chi connectivity index (χ0v) is 12.0. The van der Waals surface area contributed by atoms with Crippen molar-refractivity contribution >= 4 is 17.4 Å². The molecular formula is C14H18N4O2. The minimum atomic E-state index is -0.299. The molecule has 2 rings (SSSR count). The van der Waals surface area contributed by atoms with Crippen LogP contribution in [0.1, 0.15) is 35.0 Å². The molecule has 2 aromatic heterocycles. The number of imidazole rings is 1. The number of anilines is 1. The summed E-state index contributed by atoms with van der Waals surface area (Å²) in [5.74, 6) is -0.0103. The maximum absolute atomic E-state index is 12.0. The molecule has 1 amide bonds. The van der Waals surface area contributed by atoms with Crippen LogP contribution >= 0.6 is 0 Å². The Labute approximate surface area is 117 Å². The van der Waals surface area contributed by atoms with Crippen molar-refractivity contribution in [2.75, 3.05) is 5.32 Å². The van der Waals surface area contributed by atoms with E-state index in [2.05, 4.69) is 10.3 Å². The molecule has 0 aliphatic rings. The van der Waals surface area contributed by atoms with Crippen molar-refractivity contribution in [3.05, 3.63) is 36.2 Å². The summed E-state index contributed by atoms with van der Waals surface area (Å²) in [5, 5.41) is 2.74. The van der Waals surface area contributed by atoms with Crippen LogP contribution in [-0.4, -0.2) is 25.8 Å². The Kier molecular flexibility index (Phi) is 3.74. The van der Waals surface area contributed by atoms with Crippen LogP contribution < -0.4 is 5.32 Å². The second-order valence-corrected chi connectivity index (χ2v) is 5.06.